The van der Waals surface area contributed by atoms with E-state index in [1.807, 2.05) is 17.7 Å². The van der Waals surface area contributed by atoms with Gasteiger partial charge in [-0.1, -0.05) is 0 Å². The number of ether oxygens (including phenoxy) is 2. The Hall–Kier alpha value is -2.50. The maximum absolute atomic E-state index is 12.3. The molecule has 0 saturated heterocycles. The van der Waals surface area contributed by atoms with Crippen LogP contribution in [0.3, 0.4) is 0 Å². The molecule has 6 heteroatoms. The van der Waals surface area contributed by atoms with Crippen molar-refractivity contribution in [2.24, 2.45) is 0 Å². The Morgan fingerprint density at radius 3 is 2.48 bits per heavy atom. The summed E-state index contributed by atoms with van der Waals surface area (Å²) < 4.78 is 12.2. The van der Waals surface area contributed by atoms with Crippen molar-refractivity contribution in [1.29, 1.82) is 0 Å². The zero-order valence-electron chi connectivity index (χ0n) is 12.4. The number of aromatic nitrogens is 2. The zero-order chi connectivity index (χ0) is 15.2. The van der Waals surface area contributed by atoms with Crippen LogP contribution in [0.5, 0.6) is 11.5 Å². The van der Waals surface area contributed by atoms with E-state index in [-0.39, 0.29) is 11.9 Å². The topological polar surface area (TPSA) is 65.4 Å². The lowest BCUT2D eigenvalue weighted by molar-refractivity contribution is 0.0936. The number of methoxy groups -OCH3 is 2. The zero-order valence-corrected chi connectivity index (χ0v) is 12.4. The molecule has 0 aliphatic carbocycles. The Morgan fingerprint density at radius 1 is 1.29 bits per heavy atom. The summed E-state index contributed by atoms with van der Waals surface area (Å²) in [5.74, 6) is 1.00. The van der Waals surface area contributed by atoms with Crippen LogP contribution in [-0.4, -0.2) is 35.7 Å². The van der Waals surface area contributed by atoms with E-state index in [2.05, 4.69) is 10.3 Å². The fourth-order valence-electron chi connectivity index (χ4n) is 2.00. The second kappa shape index (κ2) is 6.78. The van der Waals surface area contributed by atoms with Gasteiger partial charge in [0.15, 0.2) is 0 Å². The molecule has 0 aliphatic rings. The van der Waals surface area contributed by atoms with E-state index in [0.29, 0.717) is 23.6 Å². The Bertz CT molecular complexity index is 574. The Balaban J connectivity index is 2.05. The number of imidazole rings is 1. The number of benzene rings is 1. The first-order valence-corrected chi connectivity index (χ1v) is 6.62. The van der Waals surface area contributed by atoms with Gasteiger partial charge < -0.3 is 19.4 Å². The van der Waals surface area contributed by atoms with Gasteiger partial charge in [0.25, 0.3) is 5.91 Å². The molecule has 1 atom stereocenters. The molecular formula is C15H19N3O3. The number of carbonyl (C=O) groups excluding carboxylic acids is 1. The third-order valence-electron chi connectivity index (χ3n) is 3.03. The van der Waals surface area contributed by atoms with Crippen LogP contribution in [0.15, 0.2) is 36.9 Å². The predicted octanol–water partition coefficient (Wildman–Crippen LogP) is 1.72. The van der Waals surface area contributed by atoms with E-state index in [4.69, 9.17) is 9.47 Å². The lowest BCUT2D eigenvalue weighted by Crippen LogP contribution is -2.35. The highest BCUT2D eigenvalue weighted by Crippen LogP contribution is 2.22. The minimum atomic E-state index is -0.167. The van der Waals surface area contributed by atoms with Gasteiger partial charge in [-0.2, -0.15) is 0 Å². The van der Waals surface area contributed by atoms with Crippen molar-refractivity contribution in [2.45, 2.75) is 19.5 Å². The van der Waals surface area contributed by atoms with E-state index in [1.54, 1.807) is 44.9 Å². The molecule has 1 heterocycles. The summed E-state index contributed by atoms with van der Waals surface area (Å²) in [6, 6.07) is 5.07. The van der Waals surface area contributed by atoms with Crippen molar-refractivity contribution < 1.29 is 14.3 Å². The maximum atomic E-state index is 12.3. The monoisotopic (exact) mass is 289 g/mol. The highest BCUT2D eigenvalue weighted by molar-refractivity contribution is 5.95. The van der Waals surface area contributed by atoms with Crippen molar-refractivity contribution in [3.63, 3.8) is 0 Å². The summed E-state index contributed by atoms with van der Waals surface area (Å²) in [6.45, 7) is 2.60. The first kappa shape index (κ1) is 14.9. The minimum Gasteiger partial charge on any atom is -0.497 e. The first-order valence-electron chi connectivity index (χ1n) is 6.62. The molecule has 0 bridgehead atoms. The molecule has 2 aromatic rings. The van der Waals surface area contributed by atoms with Gasteiger partial charge in [0, 0.05) is 36.6 Å². The molecule has 112 valence electrons. The van der Waals surface area contributed by atoms with Crippen molar-refractivity contribution in [3.8, 4) is 11.5 Å². The van der Waals surface area contributed by atoms with E-state index in [0.717, 1.165) is 0 Å². The predicted molar refractivity (Wildman–Crippen MR) is 78.7 cm³/mol. The minimum absolute atomic E-state index is 0.0242. The molecule has 1 aromatic carbocycles. The summed E-state index contributed by atoms with van der Waals surface area (Å²) in [5.41, 5.74) is 0.503. The summed E-state index contributed by atoms with van der Waals surface area (Å²) in [7, 11) is 3.11. The first-order chi connectivity index (χ1) is 10.1. The molecule has 2 rings (SSSR count). The molecule has 1 aromatic heterocycles. The van der Waals surface area contributed by atoms with E-state index >= 15 is 0 Å². The molecule has 0 fully saturated rings. The van der Waals surface area contributed by atoms with Crippen LogP contribution in [0.1, 0.15) is 17.3 Å². The average Bonchev–Trinajstić information content (AvgIpc) is 2.99. The van der Waals surface area contributed by atoms with Crippen molar-refractivity contribution in [1.82, 2.24) is 14.9 Å². The van der Waals surface area contributed by atoms with Gasteiger partial charge in [-0.3, -0.25) is 4.79 Å². The van der Waals surface area contributed by atoms with Crippen LogP contribution in [0.2, 0.25) is 0 Å². The number of hydrogen-bond donors (Lipinski definition) is 1. The standard InChI is InChI=1S/C15H19N3O3/c1-11(9-18-5-4-16-10-18)17-15(19)12-6-13(20-2)8-14(7-12)21-3/h4-8,10-11H,9H2,1-3H3,(H,17,19). The quantitative estimate of drug-likeness (QED) is 0.879. The maximum Gasteiger partial charge on any atom is 0.251 e. The lowest BCUT2D eigenvalue weighted by atomic mass is 10.1. The number of nitrogens with one attached hydrogen (secondary N) is 1. The van der Waals surface area contributed by atoms with Crippen LogP contribution in [-0.2, 0) is 6.54 Å². The fraction of sp³-hybridized carbons (Fsp3) is 0.333. The van der Waals surface area contributed by atoms with E-state index < -0.39 is 0 Å². The summed E-state index contributed by atoms with van der Waals surface area (Å²) >= 11 is 0. The average molecular weight is 289 g/mol. The highest BCUT2D eigenvalue weighted by Gasteiger charge is 2.12. The number of nitrogens with zero attached hydrogens (tertiary/aromatic N) is 2. The van der Waals surface area contributed by atoms with Crippen molar-refractivity contribution >= 4 is 5.91 Å². The molecule has 1 N–H and O–H groups in total. The summed E-state index contributed by atoms with van der Waals surface area (Å²) in [6.07, 6.45) is 5.29. The van der Waals surface area contributed by atoms with E-state index in [1.165, 1.54) is 0 Å². The van der Waals surface area contributed by atoms with Gasteiger partial charge in [0.2, 0.25) is 0 Å². The van der Waals surface area contributed by atoms with Gasteiger partial charge in [-0.05, 0) is 19.1 Å². The van der Waals surface area contributed by atoms with Crippen LogP contribution >= 0.6 is 0 Å². The van der Waals surface area contributed by atoms with Crippen LogP contribution in [0.4, 0.5) is 0 Å². The normalized spacial score (nSPS) is 11.8. The number of carbonyl (C=O) groups is 1. The number of amides is 1. The number of rotatable bonds is 6. The van der Waals surface area contributed by atoms with Crippen LogP contribution in [0.25, 0.3) is 0 Å². The van der Waals surface area contributed by atoms with Gasteiger partial charge >= 0.3 is 0 Å². The fourth-order valence-corrected chi connectivity index (χ4v) is 2.00. The van der Waals surface area contributed by atoms with Gasteiger partial charge in [0.1, 0.15) is 11.5 Å². The van der Waals surface area contributed by atoms with Crippen LogP contribution < -0.4 is 14.8 Å². The molecule has 6 nitrogen and oxygen atoms in total. The van der Waals surface area contributed by atoms with Gasteiger partial charge in [0.05, 0.1) is 20.5 Å². The highest BCUT2D eigenvalue weighted by atomic mass is 16.5. The SMILES string of the molecule is COc1cc(OC)cc(C(=O)NC(C)Cn2ccnc2)c1. The van der Waals surface area contributed by atoms with Gasteiger partial charge in [-0.15, -0.1) is 0 Å². The summed E-state index contributed by atoms with van der Waals surface area (Å²) in [5, 5.41) is 2.94. The smallest absolute Gasteiger partial charge is 0.251 e. The third-order valence-corrected chi connectivity index (χ3v) is 3.03. The van der Waals surface area contributed by atoms with Crippen molar-refractivity contribution in [3.05, 3.63) is 42.5 Å². The third kappa shape index (κ3) is 3.98. The Kier molecular flexibility index (Phi) is 4.81. The Labute approximate surface area is 123 Å². The molecule has 0 aliphatic heterocycles. The summed E-state index contributed by atoms with van der Waals surface area (Å²) in [4.78, 5) is 16.2. The van der Waals surface area contributed by atoms with Crippen LogP contribution in [0, 0.1) is 0 Å². The molecule has 0 saturated carbocycles. The second-order valence-electron chi connectivity index (χ2n) is 4.74. The van der Waals surface area contributed by atoms with Crippen molar-refractivity contribution in [2.75, 3.05) is 14.2 Å². The molecule has 0 spiro atoms. The molecule has 21 heavy (non-hydrogen) atoms. The molecule has 1 amide bonds. The van der Waals surface area contributed by atoms with Gasteiger partial charge in [-0.25, -0.2) is 4.98 Å². The lowest BCUT2D eigenvalue weighted by Gasteiger charge is -2.15. The molecular weight excluding hydrogens is 270 g/mol. The van der Waals surface area contributed by atoms with E-state index in [9.17, 15) is 4.79 Å². The largest absolute Gasteiger partial charge is 0.497 e. The molecule has 0 radical (unpaired) electrons. The molecule has 1 unspecified atom stereocenters. The second-order valence-corrected chi connectivity index (χ2v) is 4.74. The number of hydrogen-bond acceptors (Lipinski definition) is 4. The Morgan fingerprint density at radius 2 is 1.95 bits per heavy atom.